The Morgan fingerprint density at radius 2 is 2.43 bits per heavy atom. The summed E-state index contributed by atoms with van der Waals surface area (Å²) in [7, 11) is 0. The molecule has 0 spiro atoms. The highest BCUT2D eigenvalue weighted by Gasteiger charge is 2.82. The third-order valence-electron chi connectivity index (χ3n) is 4.29. The number of hydrogen-bond donors (Lipinski definition) is 1. The van der Waals surface area contributed by atoms with Crippen LogP contribution in [0.25, 0.3) is 0 Å². The average molecular weight is 187 g/mol. The van der Waals surface area contributed by atoms with Crippen LogP contribution in [0.1, 0.15) is 24.1 Å². The molecule has 0 radical (unpaired) electrons. The first kappa shape index (κ1) is 6.98. The SMILES string of the molecule is O=[N+]1C=CC23CC12CCc1[nH]ccc13. The molecular weight excluding hydrogens is 176 g/mol. The molecule has 2 aliphatic carbocycles. The predicted molar refractivity (Wildman–Crippen MR) is 50.9 cm³/mol. The number of aryl methyl sites for hydroxylation is 1. The molecule has 1 aliphatic heterocycles. The van der Waals surface area contributed by atoms with E-state index in [-0.39, 0.29) is 11.0 Å². The molecule has 1 aromatic rings. The van der Waals surface area contributed by atoms with Gasteiger partial charge in [-0.05, 0) is 18.1 Å². The molecule has 1 aromatic heterocycles. The Kier molecular flexibility index (Phi) is 0.857. The maximum Gasteiger partial charge on any atom is 0.232 e. The van der Waals surface area contributed by atoms with Crippen LogP contribution in [0.5, 0.6) is 0 Å². The van der Waals surface area contributed by atoms with Gasteiger partial charge in [0, 0.05) is 40.5 Å². The molecule has 0 saturated heterocycles. The minimum Gasteiger partial charge on any atom is -0.365 e. The highest BCUT2D eigenvalue weighted by molar-refractivity contribution is 5.52. The van der Waals surface area contributed by atoms with E-state index in [1.54, 1.807) is 6.20 Å². The lowest BCUT2D eigenvalue weighted by Crippen LogP contribution is -2.31. The Bertz CT molecular complexity index is 487. The molecule has 4 rings (SSSR count). The topological polar surface area (TPSA) is 35.9 Å². The highest BCUT2D eigenvalue weighted by atomic mass is 16.3. The highest BCUT2D eigenvalue weighted by Crippen LogP contribution is 2.68. The van der Waals surface area contributed by atoms with Crippen molar-refractivity contribution in [1.82, 2.24) is 4.98 Å². The minimum absolute atomic E-state index is 0.0718. The van der Waals surface area contributed by atoms with Crippen LogP contribution >= 0.6 is 0 Å². The fourth-order valence-corrected chi connectivity index (χ4v) is 3.46. The Balaban J connectivity index is 2.02. The van der Waals surface area contributed by atoms with E-state index in [1.165, 1.54) is 16.0 Å². The molecule has 1 N–H and O–H groups in total. The van der Waals surface area contributed by atoms with E-state index >= 15 is 0 Å². The number of nitrogens with zero attached hydrogens (tertiary/aromatic N) is 1. The van der Waals surface area contributed by atoms with Gasteiger partial charge in [0.05, 0.1) is 5.41 Å². The van der Waals surface area contributed by atoms with Gasteiger partial charge in [-0.2, -0.15) is 0 Å². The lowest BCUT2D eigenvalue weighted by atomic mass is 9.84. The van der Waals surface area contributed by atoms with E-state index in [9.17, 15) is 4.91 Å². The molecule has 1 fully saturated rings. The van der Waals surface area contributed by atoms with Gasteiger partial charge in [-0.15, -0.1) is 0 Å². The summed E-state index contributed by atoms with van der Waals surface area (Å²) >= 11 is 0. The van der Waals surface area contributed by atoms with Crippen LogP contribution in [-0.2, 0) is 11.8 Å². The zero-order chi connectivity index (χ0) is 9.39. The second-order valence-corrected chi connectivity index (χ2v) is 4.69. The van der Waals surface area contributed by atoms with E-state index in [0.29, 0.717) is 0 Å². The van der Waals surface area contributed by atoms with Crippen LogP contribution in [0.15, 0.2) is 24.5 Å². The van der Waals surface area contributed by atoms with Crippen molar-refractivity contribution in [2.24, 2.45) is 0 Å². The second kappa shape index (κ2) is 1.72. The van der Waals surface area contributed by atoms with Crippen LogP contribution in [0.4, 0.5) is 0 Å². The number of rotatable bonds is 0. The quantitative estimate of drug-likeness (QED) is 0.616. The van der Waals surface area contributed by atoms with Crippen molar-refractivity contribution < 1.29 is 4.76 Å². The summed E-state index contributed by atoms with van der Waals surface area (Å²) in [6, 6.07) is 2.14. The molecule has 3 nitrogen and oxygen atoms in total. The number of aromatic nitrogens is 1. The van der Waals surface area contributed by atoms with Gasteiger partial charge in [0.25, 0.3) is 0 Å². The van der Waals surface area contributed by atoms with Crippen molar-refractivity contribution in [3.63, 3.8) is 0 Å². The van der Waals surface area contributed by atoms with Gasteiger partial charge in [-0.3, -0.25) is 0 Å². The van der Waals surface area contributed by atoms with Crippen molar-refractivity contribution in [3.8, 4) is 0 Å². The summed E-state index contributed by atoms with van der Waals surface area (Å²) < 4.78 is 1.18. The lowest BCUT2D eigenvalue weighted by Gasteiger charge is -2.17. The Morgan fingerprint density at radius 3 is 3.36 bits per heavy atom. The maximum atomic E-state index is 11.7. The third-order valence-corrected chi connectivity index (χ3v) is 4.29. The van der Waals surface area contributed by atoms with E-state index in [1.807, 2.05) is 6.20 Å². The molecule has 3 heteroatoms. The van der Waals surface area contributed by atoms with Gasteiger partial charge in [0.2, 0.25) is 11.7 Å². The summed E-state index contributed by atoms with van der Waals surface area (Å²) in [5.74, 6) is 0. The maximum absolute atomic E-state index is 11.7. The van der Waals surface area contributed by atoms with Crippen molar-refractivity contribution in [2.75, 3.05) is 0 Å². The van der Waals surface area contributed by atoms with Gasteiger partial charge in [0.15, 0.2) is 0 Å². The molecule has 70 valence electrons. The monoisotopic (exact) mass is 187 g/mol. The smallest absolute Gasteiger partial charge is 0.232 e. The summed E-state index contributed by atoms with van der Waals surface area (Å²) in [5, 5.41) is 0. The molecular formula is C11H11N2O+. The van der Waals surface area contributed by atoms with Gasteiger partial charge in [-0.25, -0.2) is 0 Å². The lowest BCUT2D eigenvalue weighted by molar-refractivity contribution is -0.535. The first-order valence-corrected chi connectivity index (χ1v) is 5.11. The van der Waals surface area contributed by atoms with Gasteiger partial charge >= 0.3 is 0 Å². The van der Waals surface area contributed by atoms with Crippen LogP contribution < -0.4 is 0 Å². The largest absolute Gasteiger partial charge is 0.365 e. The van der Waals surface area contributed by atoms with E-state index in [4.69, 9.17) is 0 Å². The molecule has 14 heavy (non-hydrogen) atoms. The van der Waals surface area contributed by atoms with Crippen molar-refractivity contribution in [1.29, 1.82) is 0 Å². The van der Waals surface area contributed by atoms with E-state index in [0.717, 1.165) is 19.3 Å². The van der Waals surface area contributed by atoms with E-state index in [2.05, 4.69) is 17.1 Å². The number of fused-ring (bicyclic) bond motifs is 1. The van der Waals surface area contributed by atoms with Crippen molar-refractivity contribution in [2.45, 2.75) is 30.2 Å². The molecule has 0 amide bonds. The molecule has 3 aliphatic rings. The predicted octanol–water partition coefficient (Wildman–Crippen LogP) is 1.65. The van der Waals surface area contributed by atoms with Crippen molar-refractivity contribution in [3.05, 3.63) is 40.7 Å². The van der Waals surface area contributed by atoms with E-state index < -0.39 is 0 Å². The Morgan fingerprint density at radius 1 is 1.50 bits per heavy atom. The Hall–Kier alpha value is -1.38. The van der Waals surface area contributed by atoms with Crippen LogP contribution in [0.2, 0.25) is 0 Å². The summed E-state index contributed by atoms with van der Waals surface area (Å²) in [6.45, 7) is 0. The molecule has 0 aromatic carbocycles. The number of hydrogen-bond acceptors (Lipinski definition) is 1. The molecule has 2 atom stereocenters. The van der Waals surface area contributed by atoms with Crippen LogP contribution in [0, 0.1) is 4.91 Å². The average Bonchev–Trinajstić information content (AvgIpc) is 2.54. The number of nitroso groups, excluding NO2 is 1. The Labute approximate surface area is 81.4 Å². The fraction of sp³-hybridized carbons (Fsp3) is 0.455. The normalized spacial score (nSPS) is 41.9. The molecule has 2 heterocycles. The first-order valence-electron chi connectivity index (χ1n) is 5.11. The molecule has 0 bridgehead atoms. The van der Waals surface area contributed by atoms with Gasteiger partial charge in [-0.1, -0.05) is 0 Å². The number of H-pyrrole nitrogens is 1. The first-order chi connectivity index (χ1) is 6.79. The summed E-state index contributed by atoms with van der Waals surface area (Å²) in [4.78, 5) is 15.0. The van der Waals surface area contributed by atoms with Gasteiger partial charge < -0.3 is 4.98 Å². The minimum atomic E-state index is -0.0950. The zero-order valence-corrected chi connectivity index (χ0v) is 7.79. The fourth-order valence-electron chi connectivity index (χ4n) is 3.46. The van der Waals surface area contributed by atoms with Crippen LogP contribution in [0.3, 0.4) is 0 Å². The number of nitrogens with one attached hydrogen (secondary N) is 1. The second-order valence-electron chi connectivity index (χ2n) is 4.69. The molecule has 2 unspecified atom stereocenters. The van der Waals surface area contributed by atoms with Gasteiger partial charge in [0.1, 0.15) is 0 Å². The molecule has 1 saturated carbocycles. The van der Waals surface area contributed by atoms with Crippen molar-refractivity contribution >= 4 is 0 Å². The number of aromatic amines is 1. The summed E-state index contributed by atoms with van der Waals surface area (Å²) in [6.07, 6.45) is 8.85. The van der Waals surface area contributed by atoms with Crippen LogP contribution in [-0.4, -0.2) is 15.3 Å². The standard InChI is InChI=1S/C11H11N2O/c14-13-6-4-10-7-11(10,13)3-1-9-8(10)2-5-12-9/h2,4-6,12H,1,3,7H2/q+1. The third kappa shape index (κ3) is 0.472. The summed E-state index contributed by atoms with van der Waals surface area (Å²) in [5.41, 5.74) is 2.67. The zero-order valence-electron chi connectivity index (χ0n) is 7.79.